The number of benzene rings is 1. The van der Waals surface area contributed by atoms with Crippen molar-refractivity contribution in [2.45, 2.75) is 20.3 Å². The first-order valence-corrected chi connectivity index (χ1v) is 6.08. The molecule has 4 heteroatoms. The molecule has 0 radical (unpaired) electrons. The normalized spacial score (nSPS) is 10.2. The van der Waals surface area contributed by atoms with Crippen molar-refractivity contribution in [3.8, 4) is 5.75 Å². The van der Waals surface area contributed by atoms with E-state index < -0.39 is 0 Å². The van der Waals surface area contributed by atoms with Gasteiger partial charge in [0.1, 0.15) is 5.75 Å². The summed E-state index contributed by atoms with van der Waals surface area (Å²) in [6.45, 7) is 5.33. The summed E-state index contributed by atoms with van der Waals surface area (Å²) in [5.74, 6) is 0.629. The van der Waals surface area contributed by atoms with Crippen LogP contribution in [0.3, 0.4) is 0 Å². The van der Waals surface area contributed by atoms with E-state index in [0.29, 0.717) is 13.2 Å². The number of carbonyl (C=O) groups is 1. The van der Waals surface area contributed by atoms with Crippen LogP contribution >= 0.6 is 0 Å². The number of hydrogen-bond acceptors (Lipinski definition) is 3. The molecule has 0 bridgehead atoms. The Kier molecular flexibility index (Phi) is 6.22. The Balaban J connectivity index is 2.29. The van der Waals surface area contributed by atoms with Gasteiger partial charge in [-0.05, 0) is 43.5 Å². The first-order valence-electron chi connectivity index (χ1n) is 6.08. The maximum absolute atomic E-state index is 11.5. The number of methoxy groups -OCH3 is 1. The average Bonchev–Trinajstić information content (AvgIpc) is 2.31. The van der Waals surface area contributed by atoms with Crippen LogP contribution in [-0.4, -0.2) is 32.8 Å². The van der Waals surface area contributed by atoms with E-state index in [1.165, 1.54) is 0 Å². The lowest BCUT2D eigenvalue weighted by Gasteiger charge is -2.08. The van der Waals surface area contributed by atoms with Gasteiger partial charge in [0, 0.05) is 20.3 Å². The molecule has 18 heavy (non-hydrogen) atoms. The van der Waals surface area contributed by atoms with Gasteiger partial charge in [-0.3, -0.25) is 4.79 Å². The van der Waals surface area contributed by atoms with Gasteiger partial charge >= 0.3 is 0 Å². The Labute approximate surface area is 108 Å². The zero-order valence-corrected chi connectivity index (χ0v) is 11.3. The Morgan fingerprint density at radius 3 is 2.50 bits per heavy atom. The fourth-order valence-electron chi connectivity index (χ4n) is 1.66. The van der Waals surface area contributed by atoms with Gasteiger partial charge in [0.15, 0.2) is 6.61 Å². The molecule has 0 aliphatic rings. The Morgan fingerprint density at radius 2 is 1.89 bits per heavy atom. The van der Waals surface area contributed by atoms with Gasteiger partial charge in [0.2, 0.25) is 0 Å². The first kappa shape index (κ1) is 14.5. The maximum atomic E-state index is 11.5. The summed E-state index contributed by atoms with van der Waals surface area (Å²) in [5, 5.41) is 2.77. The van der Waals surface area contributed by atoms with Crippen LogP contribution < -0.4 is 10.1 Å². The van der Waals surface area contributed by atoms with Crippen molar-refractivity contribution >= 4 is 5.91 Å². The van der Waals surface area contributed by atoms with Gasteiger partial charge in [-0.25, -0.2) is 0 Å². The largest absolute Gasteiger partial charge is 0.484 e. The van der Waals surface area contributed by atoms with Crippen molar-refractivity contribution in [1.82, 2.24) is 5.32 Å². The zero-order valence-electron chi connectivity index (χ0n) is 11.3. The highest BCUT2D eigenvalue weighted by Gasteiger charge is 2.02. The van der Waals surface area contributed by atoms with Crippen LogP contribution in [0.1, 0.15) is 17.5 Å². The van der Waals surface area contributed by atoms with Gasteiger partial charge < -0.3 is 14.8 Å². The fourth-order valence-corrected chi connectivity index (χ4v) is 1.66. The predicted molar refractivity (Wildman–Crippen MR) is 70.9 cm³/mol. The SMILES string of the molecule is COCCCNC(=O)COc1cc(C)cc(C)c1. The number of aryl methyl sites for hydroxylation is 2. The molecule has 0 atom stereocenters. The van der Waals surface area contributed by atoms with Crippen molar-refractivity contribution in [2.24, 2.45) is 0 Å². The zero-order chi connectivity index (χ0) is 13.4. The fraction of sp³-hybridized carbons (Fsp3) is 0.500. The molecular weight excluding hydrogens is 230 g/mol. The third-order valence-electron chi connectivity index (χ3n) is 2.41. The minimum Gasteiger partial charge on any atom is -0.484 e. The van der Waals surface area contributed by atoms with Crippen molar-refractivity contribution in [3.63, 3.8) is 0 Å². The summed E-state index contributed by atoms with van der Waals surface area (Å²) in [4.78, 5) is 11.5. The second kappa shape index (κ2) is 7.71. The standard InChI is InChI=1S/C14H21NO3/c1-11-7-12(2)9-13(8-11)18-10-14(16)15-5-4-6-17-3/h7-9H,4-6,10H2,1-3H3,(H,15,16). The third kappa shape index (κ3) is 5.68. The molecule has 0 aliphatic carbocycles. The first-order chi connectivity index (χ1) is 8.61. The Hall–Kier alpha value is -1.55. The molecule has 0 unspecified atom stereocenters. The minimum atomic E-state index is -0.106. The monoisotopic (exact) mass is 251 g/mol. The van der Waals surface area contributed by atoms with Crippen LogP contribution in [-0.2, 0) is 9.53 Å². The number of rotatable bonds is 7. The van der Waals surface area contributed by atoms with Crippen molar-refractivity contribution in [1.29, 1.82) is 0 Å². The van der Waals surface area contributed by atoms with Crippen LogP contribution in [0.2, 0.25) is 0 Å². The van der Waals surface area contributed by atoms with Gasteiger partial charge in [0.25, 0.3) is 5.91 Å². The van der Waals surface area contributed by atoms with E-state index in [1.54, 1.807) is 7.11 Å². The summed E-state index contributed by atoms with van der Waals surface area (Å²) >= 11 is 0. The van der Waals surface area contributed by atoms with Crippen LogP contribution in [0.15, 0.2) is 18.2 Å². The van der Waals surface area contributed by atoms with Gasteiger partial charge in [0.05, 0.1) is 0 Å². The Morgan fingerprint density at radius 1 is 1.22 bits per heavy atom. The van der Waals surface area contributed by atoms with Crippen molar-refractivity contribution in [2.75, 3.05) is 26.9 Å². The van der Waals surface area contributed by atoms with E-state index in [1.807, 2.05) is 26.0 Å². The topological polar surface area (TPSA) is 47.6 Å². The summed E-state index contributed by atoms with van der Waals surface area (Å²) in [5.41, 5.74) is 2.26. The summed E-state index contributed by atoms with van der Waals surface area (Å²) in [6, 6.07) is 5.91. The van der Waals surface area contributed by atoms with Crippen LogP contribution in [0.25, 0.3) is 0 Å². The van der Waals surface area contributed by atoms with Crippen molar-refractivity contribution in [3.05, 3.63) is 29.3 Å². The highest BCUT2D eigenvalue weighted by molar-refractivity contribution is 5.77. The number of amides is 1. The lowest BCUT2D eigenvalue weighted by Crippen LogP contribution is -2.30. The van der Waals surface area contributed by atoms with Gasteiger partial charge in [-0.1, -0.05) is 6.07 Å². The molecule has 0 saturated carbocycles. The second-order valence-corrected chi connectivity index (χ2v) is 4.31. The number of ether oxygens (including phenoxy) is 2. The minimum absolute atomic E-state index is 0.0515. The molecule has 0 heterocycles. The molecule has 1 amide bonds. The summed E-state index contributed by atoms with van der Waals surface area (Å²) in [7, 11) is 1.64. The molecule has 0 fully saturated rings. The quantitative estimate of drug-likeness (QED) is 0.752. The molecule has 0 aliphatic heterocycles. The smallest absolute Gasteiger partial charge is 0.257 e. The highest BCUT2D eigenvalue weighted by atomic mass is 16.5. The van der Waals surface area contributed by atoms with E-state index >= 15 is 0 Å². The van der Waals surface area contributed by atoms with E-state index in [9.17, 15) is 4.79 Å². The summed E-state index contributed by atoms with van der Waals surface area (Å²) < 4.78 is 10.3. The second-order valence-electron chi connectivity index (χ2n) is 4.31. The molecule has 100 valence electrons. The van der Waals surface area contributed by atoms with Crippen LogP contribution in [0.4, 0.5) is 0 Å². The molecule has 1 N–H and O–H groups in total. The third-order valence-corrected chi connectivity index (χ3v) is 2.41. The van der Waals surface area contributed by atoms with E-state index in [-0.39, 0.29) is 12.5 Å². The molecule has 0 aromatic heterocycles. The van der Waals surface area contributed by atoms with E-state index in [2.05, 4.69) is 11.4 Å². The number of carbonyl (C=O) groups excluding carboxylic acids is 1. The molecule has 4 nitrogen and oxygen atoms in total. The average molecular weight is 251 g/mol. The highest BCUT2D eigenvalue weighted by Crippen LogP contribution is 2.15. The van der Waals surface area contributed by atoms with Gasteiger partial charge in [-0.2, -0.15) is 0 Å². The molecule has 1 rings (SSSR count). The predicted octanol–water partition coefficient (Wildman–Crippen LogP) is 1.83. The van der Waals surface area contributed by atoms with Gasteiger partial charge in [-0.15, -0.1) is 0 Å². The number of hydrogen-bond donors (Lipinski definition) is 1. The van der Waals surface area contributed by atoms with Crippen LogP contribution in [0.5, 0.6) is 5.75 Å². The molecule has 0 spiro atoms. The van der Waals surface area contributed by atoms with E-state index in [0.717, 1.165) is 23.3 Å². The molecule has 1 aromatic carbocycles. The number of nitrogens with one attached hydrogen (secondary N) is 1. The molecule has 0 saturated heterocycles. The van der Waals surface area contributed by atoms with E-state index in [4.69, 9.17) is 9.47 Å². The maximum Gasteiger partial charge on any atom is 0.257 e. The van der Waals surface area contributed by atoms with Crippen molar-refractivity contribution < 1.29 is 14.3 Å². The molecule has 1 aromatic rings. The lowest BCUT2D eigenvalue weighted by molar-refractivity contribution is -0.123. The lowest BCUT2D eigenvalue weighted by atomic mass is 10.1. The van der Waals surface area contributed by atoms with Crippen LogP contribution in [0, 0.1) is 13.8 Å². The molecular formula is C14H21NO3. The summed E-state index contributed by atoms with van der Waals surface area (Å²) in [6.07, 6.45) is 0.811. The Bertz CT molecular complexity index is 370.